The maximum absolute atomic E-state index is 12.3. The van der Waals surface area contributed by atoms with E-state index in [-0.39, 0.29) is 11.9 Å². The van der Waals surface area contributed by atoms with Gasteiger partial charge in [0.2, 0.25) is 0 Å². The lowest BCUT2D eigenvalue weighted by atomic mass is 10.2. The minimum absolute atomic E-state index is 0.120. The first-order valence-electron chi connectivity index (χ1n) is 5.44. The van der Waals surface area contributed by atoms with E-state index in [2.05, 4.69) is 0 Å². The Hall–Kier alpha value is -1.45. The third-order valence-corrected chi connectivity index (χ3v) is 4.25. The van der Waals surface area contributed by atoms with Crippen LogP contribution in [0.15, 0.2) is 65.6 Å². The molecule has 17 heavy (non-hydrogen) atoms. The molecule has 0 saturated carbocycles. The monoisotopic (exact) mass is 246 g/mol. The van der Waals surface area contributed by atoms with Crippen molar-refractivity contribution >= 4 is 10.8 Å². The maximum atomic E-state index is 12.3. The Labute approximate surface area is 103 Å². The van der Waals surface area contributed by atoms with Gasteiger partial charge in [-0.25, -0.2) is 0 Å². The molecule has 0 heterocycles. The fourth-order valence-corrected chi connectivity index (χ4v) is 2.98. The summed E-state index contributed by atoms with van der Waals surface area (Å²) in [5.74, 6) is 0. The molecule has 0 saturated heterocycles. The molecule has 2 rings (SSSR count). The zero-order valence-corrected chi connectivity index (χ0v) is 10.1. The largest absolute Gasteiger partial charge is 0.395 e. The number of aliphatic hydroxyl groups excluding tert-OH is 1. The van der Waals surface area contributed by atoms with Gasteiger partial charge in [0.25, 0.3) is 0 Å². The highest BCUT2D eigenvalue weighted by atomic mass is 32.2. The van der Waals surface area contributed by atoms with Crippen molar-refractivity contribution in [1.29, 1.82) is 0 Å². The molecule has 0 amide bonds. The first-order chi connectivity index (χ1) is 8.33. The van der Waals surface area contributed by atoms with E-state index in [1.54, 1.807) is 0 Å². The third-order valence-electron chi connectivity index (χ3n) is 2.57. The van der Waals surface area contributed by atoms with Crippen LogP contribution in [0.3, 0.4) is 0 Å². The highest BCUT2D eigenvalue weighted by Gasteiger charge is 2.19. The van der Waals surface area contributed by atoms with Gasteiger partial charge in [0.1, 0.15) is 0 Å². The summed E-state index contributed by atoms with van der Waals surface area (Å²) < 4.78 is 12.3. The van der Waals surface area contributed by atoms with Crippen LogP contribution in [-0.2, 0) is 10.8 Å². The molecule has 88 valence electrons. The average Bonchev–Trinajstić information content (AvgIpc) is 2.42. The molecule has 2 unspecified atom stereocenters. The van der Waals surface area contributed by atoms with Crippen molar-refractivity contribution in [3.05, 3.63) is 66.2 Å². The van der Waals surface area contributed by atoms with Crippen LogP contribution in [0.25, 0.3) is 0 Å². The van der Waals surface area contributed by atoms with Crippen LogP contribution in [0.2, 0.25) is 0 Å². The molecule has 0 aliphatic rings. The number of hydrogen-bond donors (Lipinski definition) is 1. The van der Waals surface area contributed by atoms with Gasteiger partial charge in [0.15, 0.2) is 0 Å². The van der Waals surface area contributed by atoms with Gasteiger partial charge in [-0.2, -0.15) is 0 Å². The molecular formula is C14H14O2S. The highest BCUT2D eigenvalue weighted by molar-refractivity contribution is 7.85. The molecule has 2 aromatic carbocycles. The summed E-state index contributed by atoms with van der Waals surface area (Å²) in [5.41, 5.74) is 0.900. The summed E-state index contributed by atoms with van der Waals surface area (Å²) in [7, 11) is -1.22. The summed E-state index contributed by atoms with van der Waals surface area (Å²) >= 11 is 0. The van der Waals surface area contributed by atoms with Crippen LogP contribution in [0.1, 0.15) is 10.8 Å². The molecule has 1 N–H and O–H groups in total. The lowest BCUT2D eigenvalue weighted by molar-refractivity contribution is 0.294. The highest BCUT2D eigenvalue weighted by Crippen LogP contribution is 2.24. The second kappa shape index (κ2) is 5.75. The minimum atomic E-state index is -1.22. The molecule has 2 atom stereocenters. The second-order valence-corrected chi connectivity index (χ2v) is 5.33. The van der Waals surface area contributed by atoms with Gasteiger partial charge >= 0.3 is 0 Å². The van der Waals surface area contributed by atoms with E-state index in [0.29, 0.717) is 0 Å². The number of rotatable bonds is 4. The molecule has 0 spiro atoms. The Kier molecular flexibility index (Phi) is 4.07. The average molecular weight is 246 g/mol. The van der Waals surface area contributed by atoms with Gasteiger partial charge < -0.3 is 5.11 Å². The fourth-order valence-electron chi connectivity index (χ4n) is 1.68. The second-order valence-electron chi connectivity index (χ2n) is 3.69. The number of aliphatic hydroxyl groups is 1. The third kappa shape index (κ3) is 2.81. The Balaban J connectivity index is 2.29. The molecule has 0 radical (unpaired) electrons. The summed E-state index contributed by atoms with van der Waals surface area (Å²) in [4.78, 5) is 0.746. The van der Waals surface area contributed by atoms with Crippen LogP contribution in [0.4, 0.5) is 0 Å². The Morgan fingerprint density at radius 3 is 2.00 bits per heavy atom. The Bertz CT molecular complexity index is 482. The number of hydrogen-bond acceptors (Lipinski definition) is 2. The van der Waals surface area contributed by atoms with Crippen molar-refractivity contribution in [3.8, 4) is 0 Å². The van der Waals surface area contributed by atoms with Gasteiger partial charge in [0, 0.05) is 4.90 Å². The minimum Gasteiger partial charge on any atom is -0.395 e. The van der Waals surface area contributed by atoms with Gasteiger partial charge in [-0.05, 0) is 17.7 Å². The topological polar surface area (TPSA) is 37.3 Å². The molecule has 2 nitrogen and oxygen atoms in total. The number of benzene rings is 2. The van der Waals surface area contributed by atoms with E-state index >= 15 is 0 Å². The molecule has 3 heteroatoms. The van der Waals surface area contributed by atoms with Gasteiger partial charge in [-0.1, -0.05) is 48.5 Å². The zero-order valence-electron chi connectivity index (χ0n) is 9.32. The Morgan fingerprint density at radius 1 is 0.941 bits per heavy atom. The molecular weight excluding hydrogens is 232 g/mol. The van der Waals surface area contributed by atoms with E-state index in [1.807, 2.05) is 60.7 Å². The molecule has 0 aliphatic heterocycles. The van der Waals surface area contributed by atoms with Crippen molar-refractivity contribution in [3.63, 3.8) is 0 Å². The van der Waals surface area contributed by atoms with Gasteiger partial charge in [-0.15, -0.1) is 0 Å². The van der Waals surface area contributed by atoms with E-state index in [0.717, 1.165) is 10.5 Å². The van der Waals surface area contributed by atoms with Crippen LogP contribution in [0.5, 0.6) is 0 Å². The van der Waals surface area contributed by atoms with Gasteiger partial charge in [-0.3, -0.25) is 4.21 Å². The molecule has 0 fully saturated rings. The first-order valence-corrected chi connectivity index (χ1v) is 6.65. The smallest absolute Gasteiger partial charge is 0.0874 e. The lowest BCUT2D eigenvalue weighted by Gasteiger charge is -2.14. The van der Waals surface area contributed by atoms with Crippen molar-refractivity contribution in [1.82, 2.24) is 0 Å². The summed E-state index contributed by atoms with van der Waals surface area (Å²) in [6.45, 7) is -0.120. The van der Waals surface area contributed by atoms with E-state index in [4.69, 9.17) is 0 Å². The first kappa shape index (κ1) is 12.0. The zero-order chi connectivity index (χ0) is 12.1. The summed E-state index contributed by atoms with van der Waals surface area (Å²) in [6.07, 6.45) is 0. The molecule has 2 aromatic rings. The molecule has 0 bridgehead atoms. The van der Waals surface area contributed by atoms with Crippen LogP contribution in [-0.4, -0.2) is 15.9 Å². The summed E-state index contributed by atoms with van der Waals surface area (Å²) in [5, 5.41) is 9.06. The van der Waals surface area contributed by atoms with Crippen LogP contribution in [0, 0.1) is 0 Å². The van der Waals surface area contributed by atoms with Crippen LogP contribution >= 0.6 is 0 Å². The lowest BCUT2D eigenvalue weighted by Crippen LogP contribution is -2.11. The maximum Gasteiger partial charge on any atom is 0.0874 e. The quantitative estimate of drug-likeness (QED) is 0.900. The molecule has 0 aromatic heterocycles. The van der Waals surface area contributed by atoms with E-state index in [1.165, 1.54) is 0 Å². The van der Waals surface area contributed by atoms with Crippen molar-refractivity contribution in [2.24, 2.45) is 0 Å². The van der Waals surface area contributed by atoms with Crippen molar-refractivity contribution in [2.45, 2.75) is 10.1 Å². The van der Waals surface area contributed by atoms with E-state index < -0.39 is 10.8 Å². The Morgan fingerprint density at radius 2 is 1.47 bits per heavy atom. The summed E-state index contributed by atoms with van der Waals surface area (Å²) in [6, 6.07) is 18.7. The normalized spacial score (nSPS) is 14.2. The molecule has 0 aliphatic carbocycles. The van der Waals surface area contributed by atoms with Crippen molar-refractivity contribution in [2.75, 3.05) is 6.61 Å². The predicted octanol–water partition coefficient (Wildman–Crippen LogP) is 2.53. The van der Waals surface area contributed by atoms with Crippen molar-refractivity contribution < 1.29 is 9.32 Å². The standard InChI is InChI=1S/C14H14O2S/c15-11-14(12-7-3-1-4-8-12)17(16)13-9-5-2-6-10-13/h1-10,14-15H,11H2. The predicted molar refractivity (Wildman–Crippen MR) is 69.1 cm³/mol. The fraction of sp³-hybridized carbons (Fsp3) is 0.143. The van der Waals surface area contributed by atoms with E-state index in [9.17, 15) is 9.32 Å². The SMILES string of the molecule is O=S(c1ccccc1)C(CO)c1ccccc1. The van der Waals surface area contributed by atoms with Gasteiger partial charge in [0.05, 0.1) is 22.7 Å². The van der Waals surface area contributed by atoms with Crippen LogP contribution < -0.4 is 0 Å².